The molecular formula is C17H36N2. The van der Waals surface area contributed by atoms with Crippen LogP contribution in [0.1, 0.15) is 73.1 Å². The van der Waals surface area contributed by atoms with E-state index in [4.69, 9.17) is 0 Å². The lowest BCUT2D eigenvalue weighted by molar-refractivity contribution is 0.0160. The molecule has 2 nitrogen and oxygen atoms in total. The van der Waals surface area contributed by atoms with E-state index in [1.165, 1.54) is 58.2 Å². The van der Waals surface area contributed by atoms with Crippen molar-refractivity contribution in [2.45, 2.75) is 84.7 Å². The molecule has 0 bridgehead atoms. The number of piperazine rings is 1. The monoisotopic (exact) mass is 268 g/mol. The highest BCUT2D eigenvalue weighted by Crippen LogP contribution is 2.29. The minimum atomic E-state index is 0.410. The normalized spacial score (nSPS) is 24.0. The maximum Gasteiger partial charge on any atom is 0.0329 e. The zero-order chi connectivity index (χ0) is 14.3. The summed E-state index contributed by atoms with van der Waals surface area (Å²) in [6.07, 6.45) is 7.81. The third-order valence-corrected chi connectivity index (χ3v) is 5.42. The summed E-state index contributed by atoms with van der Waals surface area (Å²) in [4.78, 5) is 2.83. The Hall–Kier alpha value is -0.0800. The van der Waals surface area contributed by atoms with Crippen LogP contribution in [-0.4, -0.2) is 36.1 Å². The topological polar surface area (TPSA) is 15.3 Å². The van der Waals surface area contributed by atoms with Gasteiger partial charge in [-0.1, -0.05) is 53.9 Å². The maximum absolute atomic E-state index is 3.81. The minimum absolute atomic E-state index is 0.410. The zero-order valence-electron chi connectivity index (χ0n) is 14.0. The van der Waals surface area contributed by atoms with E-state index in [0.717, 1.165) is 5.92 Å². The summed E-state index contributed by atoms with van der Waals surface area (Å²) in [5, 5.41) is 3.81. The van der Waals surface area contributed by atoms with Crippen LogP contribution in [0.25, 0.3) is 0 Å². The van der Waals surface area contributed by atoms with Gasteiger partial charge in [-0.2, -0.15) is 0 Å². The third kappa shape index (κ3) is 4.19. The molecule has 1 N–H and O–H groups in total. The van der Waals surface area contributed by atoms with Crippen LogP contribution in [0.4, 0.5) is 0 Å². The van der Waals surface area contributed by atoms with E-state index in [-0.39, 0.29) is 0 Å². The standard InChI is InChI=1S/C17H36N2/c1-6-11-16-13-19(12-15(7-2)8-3)17(9-4,10-5)14-18-16/h15-16,18H,6-14H2,1-5H3. The first-order valence-electron chi connectivity index (χ1n) is 8.64. The predicted molar refractivity (Wildman–Crippen MR) is 85.7 cm³/mol. The average molecular weight is 268 g/mol. The molecule has 1 aliphatic rings. The van der Waals surface area contributed by atoms with Gasteiger partial charge in [0.1, 0.15) is 0 Å². The Bertz CT molecular complexity index is 231. The summed E-state index contributed by atoms with van der Waals surface area (Å²) in [6.45, 7) is 15.5. The molecule has 1 unspecified atom stereocenters. The van der Waals surface area contributed by atoms with Crippen LogP contribution < -0.4 is 5.32 Å². The fraction of sp³-hybridized carbons (Fsp3) is 1.00. The van der Waals surface area contributed by atoms with Gasteiger partial charge < -0.3 is 5.32 Å². The Morgan fingerprint density at radius 1 is 1.11 bits per heavy atom. The highest BCUT2D eigenvalue weighted by molar-refractivity contribution is 4.97. The van der Waals surface area contributed by atoms with Crippen LogP contribution in [0.5, 0.6) is 0 Å². The number of hydrogen-bond acceptors (Lipinski definition) is 2. The van der Waals surface area contributed by atoms with Gasteiger partial charge in [-0.3, -0.25) is 4.90 Å². The van der Waals surface area contributed by atoms with Gasteiger partial charge >= 0.3 is 0 Å². The van der Waals surface area contributed by atoms with Crippen molar-refractivity contribution in [2.75, 3.05) is 19.6 Å². The zero-order valence-corrected chi connectivity index (χ0v) is 14.0. The molecule has 0 radical (unpaired) electrons. The first-order valence-corrected chi connectivity index (χ1v) is 8.64. The Morgan fingerprint density at radius 3 is 2.21 bits per heavy atom. The average Bonchev–Trinajstić information content (AvgIpc) is 2.45. The van der Waals surface area contributed by atoms with Crippen molar-refractivity contribution in [1.82, 2.24) is 10.2 Å². The van der Waals surface area contributed by atoms with E-state index in [1.54, 1.807) is 0 Å². The first-order chi connectivity index (χ1) is 9.15. The molecule has 1 rings (SSSR count). The summed E-state index contributed by atoms with van der Waals surface area (Å²) in [6, 6.07) is 0.714. The molecule has 0 amide bonds. The van der Waals surface area contributed by atoms with Gasteiger partial charge in [0.2, 0.25) is 0 Å². The Kier molecular flexibility index (Phi) is 7.38. The number of hydrogen-bond donors (Lipinski definition) is 1. The van der Waals surface area contributed by atoms with Crippen LogP contribution in [0.3, 0.4) is 0 Å². The Labute approximate surface area is 121 Å². The number of rotatable bonds is 8. The van der Waals surface area contributed by atoms with Crippen LogP contribution in [-0.2, 0) is 0 Å². The van der Waals surface area contributed by atoms with E-state index in [2.05, 4.69) is 44.8 Å². The quantitative estimate of drug-likeness (QED) is 0.714. The van der Waals surface area contributed by atoms with Gasteiger partial charge in [0.15, 0.2) is 0 Å². The molecule has 0 aromatic carbocycles. The fourth-order valence-corrected chi connectivity index (χ4v) is 3.59. The highest BCUT2D eigenvalue weighted by Gasteiger charge is 2.38. The molecule has 1 atom stereocenters. The lowest BCUT2D eigenvalue weighted by Crippen LogP contribution is -2.64. The van der Waals surface area contributed by atoms with Crippen molar-refractivity contribution < 1.29 is 0 Å². The second-order valence-corrected chi connectivity index (χ2v) is 6.39. The fourth-order valence-electron chi connectivity index (χ4n) is 3.59. The van der Waals surface area contributed by atoms with Crippen molar-refractivity contribution in [2.24, 2.45) is 5.92 Å². The Morgan fingerprint density at radius 2 is 1.74 bits per heavy atom. The number of nitrogens with one attached hydrogen (secondary N) is 1. The van der Waals surface area contributed by atoms with Crippen molar-refractivity contribution in [3.63, 3.8) is 0 Å². The maximum atomic E-state index is 3.81. The van der Waals surface area contributed by atoms with Crippen LogP contribution in [0.2, 0.25) is 0 Å². The minimum Gasteiger partial charge on any atom is -0.311 e. The number of nitrogens with zero attached hydrogens (tertiary/aromatic N) is 1. The smallest absolute Gasteiger partial charge is 0.0329 e. The first kappa shape index (κ1) is 17.0. The van der Waals surface area contributed by atoms with E-state index < -0.39 is 0 Å². The lowest BCUT2D eigenvalue weighted by atomic mass is 9.85. The molecule has 114 valence electrons. The van der Waals surface area contributed by atoms with Gasteiger partial charge in [-0.25, -0.2) is 0 Å². The summed E-state index contributed by atoms with van der Waals surface area (Å²) in [5.41, 5.74) is 0.410. The summed E-state index contributed by atoms with van der Waals surface area (Å²) in [7, 11) is 0. The molecule has 1 saturated heterocycles. The van der Waals surface area contributed by atoms with E-state index in [0.29, 0.717) is 11.6 Å². The van der Waals surface area contributed by atoms with Crippen molar-refractivity contribution in [3.8, 4) is 0 Å². The molecule has 1 aliphatic heterocycles. The molecule has 0 aliphatic carbocycles. The second kappa shape index (κ2) is 8.26. The van der Waals surface area contributed by atoms with Crippen molar-refractivity contribution >= 4 is 0 Å². The molecule has 2 heteroatoms. The summed E-state index contributed by atoms with van der Waals surface area (Å²) in [5.74, 6) is 0.873. The van der Waals surface area contributed by atoms with Gasteiger partial charge in [0.25, 0.3) is 0 Å². The molecule has 1 fully saturated rings. The van der Waals surface area contributed by atoms with E-state index in [1.807, 2.05) is 0 Å². The second-order valence-electron chi connectivity index (χ2n) is 6.39. The van der Waals surface area contributed by atoms with Crippen LogP contribution in [0, 0.1) is 5.92 Å². The molecule has 1 heterocycles. The van der Waals surface area contributed by atoms with Gasteiger partial charge in [-0.15, -0.1) is 0 Å². The SMILES string of the molecule is CCCC1CN(CC(CC)CC)C(CC)(CC)CN1. The molecule has 19 heavy (non-hydrogen) atoms. The van der Waals surface area contributed by atoms with Crippen molar-refractivity contribution in [1.29, 1.82) is 0 Å². The van der Waals surface area contributed by atoms with Crippen LogP contribution in [0.15, 0.2) is 0 Å². The predicted octanol–water partition coefficient (Wildman–Crippen LogP) is 4.06. The Balaban J connectivity index is 2.75. The van der Waals surface area contributed by atoms with Gasteiger partial charge in [0, 0.05) is 31.2 Å². The van der Waals surface area contributed by atoms with Gasteiger partial charge in [-0.05, 0) is 25.2 Å². The van der Waals surface area contributed by atoms with Gasteiger partial charge in [0.05, 0.1) is 0 Å². The molecule has 0 aromatic rings. The summed E-state index contributed by atoms with van der Waals surface area (Å²) < 4.78 is 0. The summed E-state index contributed by atoms with van der Waals surface area (Å²) >= 11 is 0. The third-order valence-electron chi connectivity index (χ3n) is 5.42. The van der Waals surface area contributed by atoms with E-state index in [9.17, 15) is 0 Å². The molecule has 0 aromatic heterocycles. The molecule has 0 spiro atoms. The molecular weight excluding hydrogens is 232 g/mol. The highest BCUT2D eigenvalue weighted by atomic mass is 15.3. The van der Waals surface area contributed by atoms with E-state index >= 15 is 0 Å². The molecule has 0 saturated carbocycles. The van der Waals surface area contributed by atoms with Crippen molar-refractivity contribution in [3.05, 3.63) is 0 Å². The van der Waals surface area contributed by atoms with Crippen LogP contribution >= 0.6 is 0 Å². The largest absolute Gasteiger partial charge is 0.311 e. The lowest BCUT2D eigenvalue weighted by Gasteiger charge is -2.51.